The van der Waals surface area contributed by atoms with Gasteiger partial charge in [-0.25, -0.2) is 8.42 Å². The lowest BCUT2D eigenvalue weighted by molar-refractivity contribution is 0.340. The van der Waals surface area contributed by atoms with Crippen LogP contribution in [0.1, 0.15) is 11.1 Å². The molecule has 156 valence electrons. The monoisotopic (exact) mass is 428 g/mol. The summed E-state index contributed by atoms with van der Waals surface area (Å²) >= 11 is 0. The third kappa shape index (κ3) is 7.96. The number of halogens is 1. The first-order valence-corrected chi connectivity index (χ1v) is 10.7. The van der Waals surface area contributed by atoms with Crippen LogP contribution in [0.3, 0.4) is 0 Å². The van der Waals surface area contributed by atoms with Crippen molar-refractivity contribution in [1.29, 1.82) is 0 Å². The maximum atomic E-state index is 11.2. The molecule has 0 atom stereocenters. The minimum absolute atomic E-state index is 0. The molecule has 2 aromatic carbocycles. The van der Waals surface area contributed by atoms with Crippen molar-refractivity contribution in [3.05, 3.63) is 53.6 Å². The topological polar surface area (TPSA) is 67.9 Å². The van der Waals surface area contributed by atoms with Crippen molar-refractivity contribution in [3.63, 3.8) is 0 Å². The van der Waals surface area contributed by atoms with Crippen LogP contribution >= 0.6 is 12.4 Å². The van der Waals surface area contributed by atoms with Gasteiger partial charge in [-0.1, -0.05) is 18.2 Å². The van der Waals surface area contributed by atoms with E-state index in [1.54, 1.807) is 26.4 Å². The second-order valence-electron chi connectivity index (χ2n) is 6.56. The Morgan fingerprint density at radius 2 is 1.43 bits per heavy atom. The summed E-state index contributed by atoms with van der Waals surface area (Å²) < 4.78 is 35.6. The van der Waals surface area contributed by atoms with E-state index in [0.717, 1.165) is 43.7 Å². The van der Waals surface area contributed by atoms with Gasteiger partial charge in [-0.15, -0.1) is 12.4 Å². The number of hydrogen-bond donors (Lipinski definition) is 1. The van der Waals surface area contributed by atoms with E-state index < -0.39 is 10.0 Å². The lowest BCUT2D eigenvalue weighted by Gasteiger charge is -2.17. The highest BCUT2D eigenvalue weighted by atomic mass is 35.5. The van der Waals surface area contributed by atoms with E-state index in [0.29, 0.717) is 5.69 Å². The van der Waals surface area contributed by atoms with Crippen LogP contribution in [-0.2, 0) is 22.9 Å². The van der Waals surface area contributed by atoms with Crippen LogP contribution in [0, 0.1) is 0 Å². The fourth-order valence-corrected chi connectivity index (χ4v) is 3.31. The molecular formula is C20H29ClN2O4S. The van der Waals surface area contributed by atoms with Gasteiger partial charge in [-0.2, -0.15) is 0 Å². The molecule has 0 fully saturated rings. The van der Waals surface area contributed by atoms with E-state index in [2.05, 4.69) is 22.7 Å². The summed E-state index contributed by atoms with van der Waals surface area (Å²) in [6.45, 7) is 1.86. The van der Waals surface area contributed by atoms with Crippen molar-refractivity contribution in [2.24, 2.45) is 0 Å². The van der Waals surface area contributed by atoms with E-state index >= 15 is 0 Å². The highest BCUT2D eigenvalue weighted by molar-refractivity contribution is 7.92. The molecule has 0 radical (unpaired) electrons. The number of hydrogen-bond acceptors (Lipinski definition) is 5. The molecule has 0 spiro atoms. The molecule has 28 heavy (non-hydrogen) atoms. The van der Waals surface area contributed by atoms with Gasteiger partial charge in [-0.3, -0.25) is 4.72 Å². The van der Waals surface area contributed by atoms with Gasteiger partial charge < -0.3 is 14.4 Å². The van der Waals surface area contributed by atoms with Crippen LogP contribution in [0.5, 0.6) is 11.5 Å². The first-order valence-electron chi connectivity index (χ1n) is 8.77. The van der Waals surface area contributed by atoms with Gasteiger partial charge in [0.05, 0.1) is 20.5 Å². The Labute approximate surface area is 174 Å². The number of nitrogens with zero attached hydrogens (tertiary/aromatic N) is 1. The standard InChI is InChI=1S/C20H28N2O4S.ClH/c1-22(14-12-17-7-10-19(25-2)20(15-17)26-3)13-11-16-5-8-18(9-6-16)21-27(4,23)24;/h5-10,15,21H,11-14H2,1-4H3;1H. The lowest BCUT2D eigenvalue weighted by atomic mass is 10.1. The number of likely N-dealkylation sites (N-methyl/N-ethyl adjacent to an activating group) is 1. The zero-order chi connectivity index (χ0) is 19.9. The SMILES string of the molecule is COc1ccc(CCN(C)CCc2ccc(NS(C)(=O)=O)cc2)cc1OC.Cl. The van der Waals surface area contributed by atoms with E-state index in [9.17, 15) is 8.42 Å². The zero-order valence-corrected chi connectivity index (χ0v) is 18.4. The number of benzene rings is 2. The van der Waals surface area contributed by atoms with Crippen molar-refractivity contribution in [2.45, 2.75) is 12.8 Å². The molecule has 0 amide bonds. The van der Waals surface area contributed by atoms with Crippen molar-refractivity contribution in [2.75, 3.05) is 45.3 Å². The smallest absolute Gasteiger partial charge is 0.229 e. The Balaban J connectivity index is 0.00000392. The molecule has 2 rings (SSSR count). The average molecular weight is 429 g/mol. The second kappa shape index (κ2) is 11.1. The summed E-state index contributed by atoms with van der Waals surface area (Å²) in [7, 11) is 2.14. The van der Waals surface area contributed by atoms with Crippen LogP contribution in [-0.4, -0.2) is 53.9 Å². The highest BCUT2D eigenvalue weighted by Crippen LogP contribution is 2.27. The van der Waals surface area contributed by atoms with Crippen LogP contribution in [0.4, 0.5) is 5.69 Å². The summed E-state index contributed by atoms with van der Waals surface area (Å²) in [5.41, 5.74) is 2.96. The summed E-state index contributed by atoms with van der Waals surface area (Å²) in [5.74, 6) is 1.49. The van der Waals surface area contributed by atoms with Gasteiger partial charge in [0.25, 0.3) is 0 Å². The predicted molar refractivity (Wildman–Crippen MR) is 117 cm³/mol. The molecule has 0 aliphatic heterocycles. The molecule has 0 aromatic heterocycles. The second-order valence-corrected chi connectivity index (χ2v) is 8.31. The summed E-state index contributed by atoms with van der Waals surface area (Å²) in [4.78, 5) is 2.28. The Kier molecular flexibility index (Phi) is 9.58. The summed E-state index contributed by atoms with van der Waals surface area (Å²) in [6, 6.07) is 13.5. The molecule has 0 saturated heterocycles. The van der Waals surface area contributed by atoms with Crippen LogP contribution in [0.2, 0.25) is 0 Å². The van der Waals surface area contributed by atoms with E-state index in [4.69, 9.17) is 9.47 Å². The van der Waals surface area contributed by atoms with Gasteiger partial charge >= 0.3 is 0 Å². The average Bonchev–Trinajstić information content (AvgIpc) is 2.64. The molecule has 1 N–H and O–H groups in total. The Morgan fingerprint density at radius 3 is 1.96 bits per heavy atom. The molecular weight excluding hydrogens is 400 g/mol. The summed E-state index contributed by atoms with van der Waals surface area (Å²) in [6.07, 6.45) is 2.98. The normalized spacial score (nSPS) is 11.0. The Bertz CT molecular complexity index is 842. The number of ether oxygens (including phenoxy) is 2. The Morgan fingerprint density at radius 1 is 0.893 bits per heavy atom. The minimum atomic E-state index is -3.23. The van der Waals surface area contributed by atoms with Crippen molar-refractivity contribution in [1.82, 2.24) is 4.90 Å². The van der Waals surface area contributed by atoms with Gasteiger partial charge in [0.15, 0.2) is 11.5 Å². The molecule has 0 unspecified atom stereocenters. The van der Waals surface area contributed by atoms with Gasteiger partial charge in [0, 0.05) is 18.8 Å². The van der Waals surface area contributed by atoms with Crippen LogP contribution < -0.4 is 14.2 Å². The molecule has 0 heterocycles. The molecule has 0 aliphatic carbocycles. The third-order valence-electron chi connectivity index (χ3n) is 4.27. The first-order chi connectivity index (χ1) is 12.8. The van der Waals surface area contributed by atoms with Gasteiger partial charge in [0.1, 0.15) is 0 Å². The fraction of sp³-hybridized carbons (Fsp3) is 0.400. The zero-order valence-electron chi connectivity index (χ0n) is 16.8. The van der Waals surface area contributed by atoms with Crippen LogP contribution in [0.25, 0.3) is 0 Å². The third-order valence-corrected chi connectivity index (χ3v) is 4.88. The molecule has 0 saturated carbocycles. The van der Waals surface area contributed by atoms with E-state index in [-0.39, 0.29) is 12.4 Å². The lowest BCUT2D eigenvalue weighted by Crippen LogP contribution is -2.23. The maximum absolute atomic E-state index is 11.2. The van der Waals surface area contributed by atoms with Gasteiger partial charge in [0.2, 0.25) is 10.0 Å². The number of anilines is 1. The van der Waals surface area contributed by atoms with E-state index in [1.165, 1.54) is 11.1 Å². The predicted octanol–water partition coefficient (Wildman–Crippen LogP) is 3.21. The highest BCUT2D eigenvalue weighted by Gasteiger charge is 2.06. The van der Waals surface area contributed by atoms with Crippen molar-refractivity contribution >= 4 is 28.1 Å². The molecule has 0 aliphatic rings. The molecule has 6 nitrogen and oxygen atoms in total. The van der Waals surface area contributed by atoms with Crippen LogP contribution in [0.15, 0.2) is 42.5 Å². The fourth-order valence-electron chi connectivity index (χ4n) is 2.74. The molecule has 2 aromatic rings. The molecule has 8 heteroatoms. The quantitative estimate of drug-likeness (QED) is 0.629. The maximum Gasteiger partial charge on any atom is 0.229 e. The van der Waals surface area contributed by atoms with Crippen molar-refractivity contribution in [3.8, 4) is 11.5 Å². The molecule has 0 bridgehead atoms. The van der Waals surface area contributed by atoms with Crippen molar-refractivity contribution < 1.29 is 17.9 Å². The van der Waals surface area contributed by atoms with E-state index in [1.807, 2.05) is 24.3 Å². The summed E-state index contributed by atoms with van der Waals surface area (Å²) in [5, 5.41) is 0. The first kappa shape index (κ1) is 24.1. The minimum Gasteiger partial charge on any atom is -0.493 e. The van der Waals surface area contributed by atoms with Gasteiger partial charge in [-0.05, 0) is 55.3 Å². The number of sulfonamides is 1. The largest absolute Gasteiger partial charge is 0.493 e. The number of rotatable bonds is 10. The number of nitrogens with one attached hydrogen (secondary N) is 1. The number of methoxy groups -OCH3 is 2. The Hall–Kier alpha value is -1.96.